The highest BCUT2D eigenvalue weighted by Crippen LogP contribution is 2.31. The van der Waals surface area contributed by atoms with Crippen molar-refractivity contribution in [2.45, 2.75) is 13.8 Å². The number of hydrogen-bond donors (Lipinski definition) is 1. The quantitative estimate of drug-likeness (QED) is 0.310. The molecule has 11 heteroatoms. The number of aryl methyl sites for hydroxylation is 1. The third kappa shape index (κ3) is 4.48. The molecule has 31 heavy (non-hydrogen) atoms. The number of non-ortho nitro benzene ring substituents is 1. The molecular weight excluding hydrogens is 426 g/mol. The molecule has 1 heterocycles. The summed E-state index contributed by atoms with van der Waals surface area (Å²) in [6, 6.07) is 10.5. The fourth-order valence-corrected chi connectivity index (χ4v) is 3.34. The minimum Gasteiger partial charge on any atom is -0.495 e. The Kier molecular flexibility index (Phi) is 6.21. The number of ether oxygens (including phenoxy) is 1. The first-order chi connectivity index (χ1) is 14.7. The molecule has 3 aromatic rings. The lowest BCUT2D eigenvalue weighted by molar-refractivity contribution is -0.393. The van der Waals surface area contributed by atoms with Gasteiger partial charge in [-0.2, -0.15) is 5.10 Å². The molecule has 0 saturated heterocycles. The largest absolute Gasteiger partial charge is 0.495 e. The number of halogens is 1. The summed E-state index contributed by atoms with van der Waals surface area (Å²) in [5, 5.41) is 26.7. The molecule has 0 aliphatic rings. The second-order valence-electron chi connectivity index (χ2n) is 6.56. The highest BCUT2D eigenvalue weighted by Gasteiger charge is 2.19. The van der Waals surface area contributed by atoms with Gasteiger partial charge in [0.25, 0.3) is 5.69 Å². The summed E-state index contributed by atoms with van der Waals surface area (Å²) in [5.74, 6) is 0.648. The van der Waals surface area contributed by atoms with Crippen molar-refractivity contribution in [2.75, 3.05) is 12.5 Å². The fraction of sp³-hybridized carbons (Fsp3) is 0.150. The van der Waals surface area contributed by atoms with Gasteiger partial charge in [-0.3, -0.25) is 25.7 Å². The molecule has 0 saturated carbocycles. The number of anilines is 1. The lowest BCUT2D eigenvalue weighted by Crippen LogP contribution is -2.02. The molecule has 10 nitrogen and oxygen atoms in total. The van der Waals surface area contributed by atoms with Crippen LogP contribution in [0.25, 0.3) is 5.69 Å². The molecule has 0 aliphatic heterocycles. The standard InChI is InChI=1S/C20H18ClN5O5/c1-12-8-14(13(2)24(12)19-9-15(21)4-7-20(19)31-3)11-22-23-17-6-5-16(25(27)28)10-18(17)26(29)30/h4-11,23H,1-3H3/b22-11-. The monoisotopic (exact) mass is 443 g/mol. The summed E-state index contributed by atoms with van der Waals surface area (Å²) in [6.45, 7) is 3.81. The van der Waals surface area contributed by atoms with Crippen molar-refractivity contribution in [1.82, 2.24) is 4.57 Å². The molecule has 0 fully saturated rings. The van der Waals surface area contributed by atoms with Crippen molar-refractivity contribution >= 4 is 34.9 Å². The Morgan fingerprint density at radius 2 is 1.84 bits per heavy atom. The molecule has 0 unspecified atom stereocenters. The highest BCUT2D eigenvalue weighted by atomic mass is 35.5. The lowest BCUT2D eigenvalue weighted by atomic mass is 10.2. The maximum Gasteiger partial charge on any atom is 0.301 e. The molecule has 160 valence electrons. The van der Waals surface area contributed by atoms with Gasteiger partial charge in [-0.25, -0.2) is 0 Å². The number of nitro benzene ring substituents is 2. The van der Waals surface area contributed by atoms with Crippen LogP contribution in [0.1, 0.15) is 17.0 Å². The first-order valence-electron chi connectivity index (χ1n) is 8.97. The van der Waals surface area contributed by atoms with Crippen molar-refractivity contribution in [3.8, 4) is 11.4 Å². The molecule has 2 aromatic carbocycles. The van der Waals surface area contributed by atoms with Gasteiger partial charge in [0.2, 0.25) is 0 Å². The van der Waals surface area contributed by atoms with Crippen LogP contribution in [-0.2, 0) is 0 Å². The molecule has 0 atom stereocenters. The summed E-state index contributed by atoms with van der Waals surface area (Å²) in [4.78, 5) is 20.7. The molecular formula is C20H18ClN5O5. The van der Waals surface area contributed by atoms with Gasteiger partial charge >= 0.3 is 5.69 Å². The Morgan fingerprint density at radius 3 is 2.48 bits per heavy atom. The number of nitrogens with zero attached hydrogens (tertiary/aromatic N) is 4. The van der Waals surface area contributed by atoms with E-state index in [9.17, 15) is 20.2 Å². The van der Waals surface area contributed by atoms with E-state index >= 15 is 0 Å². The maximum atomic E-state index is 11.2. The van der Waals surface area contributed by atoms with E-state index in [1.54, 1.807) is 25.3 Å². The number of aromatic nitrogens is 1. The van der Waals surface area contributed by atoms with Crippen molar-refractivity contribution in [1.29, 1.82) is 0 Å². The molecule has 0 amide bonds. The number of nitro groups is 2. The zero-order valence-corrected chi connectivity index (χ0v) is 17.6. The van der Waals surface area contributed by atoms with Gasteiger partial charge < -0.3 is 9.30 Å². The third-order valence-corrected chi connectivity index (χ3v) is 4.86. The number of benzene rings is 2. The van der Waals surface area contributed by atoms with Crippen molar-refractivity contribution < 1.29 is 14.6 Å². The Bertz CT molecular complexity index is 1200. The van der Waals surface area contributed by atoms with Gasteiger partial charge in [0.15, 0.2) is 0 Å². The normalized spacial score (nSPS) is 11.0. The van der Waals surface area contributed by atoms with E-state index in [-0.39, 0.29) is 11.4 Å². The third-order valence-electron chi connectivity index (χ3n) is 4.63. The average molecular weight is 444 g/mol. The Balaban J connectivity index is 1.92. The van der Waals surface area contributed by atoms with Crippen LogP contribution < -0.4 is 10.2 Å². The van der Waals surface area contributed by atoms with Crippen LogP contribution in [0.15, 0.2) is 47.6 Å². The smallest absolute Gasteiger partial charge is 0.301 e. The van der Waals surface area contributed by atoms with Crippen molar-refractivity contribution in [3.63, 3.8) is 0 Å². The summed E-state index contributed by atoms with van der Waals surface area (Å²) in [7, 11) is 1.57. The molecule has 1 N–H and O–H groups in total. The van der Waals surface area contributed by atoms with Crippen LogP contribution >= 0.6 is 11.6 Å². The average Bonchev–Trinajstić information content (AvgIpc) is 3.00. The van der Waals surface area contributed by atoms with E-state index in [1.807, 2.05) is 24.5 Å². The van der Waals surface area contributed by atoms with Crippen molar-refractivity contribution in [3.05, 3.63) is 84.7 Å². The lowest BCUT2D eigenvalue weighted by Gasteiger charge is -2.14. The molecule has 1 aromatic heterocycles. The molecule has 0 bridgehead atoms. The Morgan fingerprint density at radius 1 is 1.10 bits per heavy atom. The minimum absolute atomic E-state index is 0.0390. The number of methoxy groups -OCH3 is 1. The zero-order chi connectivity index (χ0) is 22.7. The first kappa shape index (κ1) is 21.8. The predicted molar refractivity (Wildman–Crippen MR) is 118 cm³/mol. The van der Waals surface area contributed by atoms with Crippen molar-refractivity contribution in [2.24, 2.45) is 5.10 Å². The summed E-state index contributed by atoms with van der Waals surface area (Å²) >= 11 is 6.16. The molecule has 3 rings (SSSR count). The van der Waals surface area contributed by atoms with Crippen LogP contribution in [0.4, 0.5) is 17.1 Å². The van der Waals surface area contributed by atoms with Gasteiger partial charge in [-0.15, -0.1) is 0 Å². The first-order valence-corrected chi connectivity index (χ1v) is 9.35. The van der Waals surface area contributed by atoms with Crippen LogP contribution in [0.3, 0.4) is 0 Å². The molecule has 0 aliphatic carbocycles. The minimum atomic E-state index is -0.706. The van der Waals surface area contributed by atoms with Crippen LogP contribution in [-0.4, -0.2) is 27.7 Å². The summed E-state index contributed by atoms with van der Waals surface area (Å²) < 4.78 is 7.40. The van der Waals surface area contributed by atoms with E-state index in [1.165, 1.54) is 18.3 Å². The van der Waals surface area contributed by atoms with Crippen LogP contribution in [0.2, 0.25) is 5.02 Å². The number of hydrogen-bond acceptors (Lipinski definition) is 7. The van der Waals surface area contributed by atoms with E-state index in [4.69, 9.17) is 16.3 Å². The van der Waals surface area contributed by atoms with Crippen LogP contribution in [0.5, 0.6) is 5.75 Å². The van der Waals surface area contributed by atoms with Crippen LogP contribution in [0, 0.1) is 34.1 Å². The Hall–Kier alpha value is -3.92. The number of hydrazone groups is 1. The van der Waals surface area contributed by atoms with E-state index < -0.39 is 15.5 Å². The fourth-order valence-electron chi connectivity index (χ4n) is 3.18. The maximum absolute atomic E-state index is 11.2. The summed E-state index contributed by atoms with van der Waals surface area (Å²) in [6.07, 6.45) is 1.51. The second kappa shape index (κ2) is 8.84. The SMILES string of the molecule is COc1ccc(Cl)cc1-n1c(C)cc(/C=N\Nc2ccc([N+](=O)[O-])cc2[N+](=O)[O-])c1C. The van der Waals surface area contributed by atoms with E-state index in [2.05, 4.69) is 10.5 Å². The Labute approximate surface area is 182 Å². The topological polar surface area (TPSA) is 125 Å². The van der Waals surface area contributed by atoms with Gasteiger partial charge in [-0.1, -0.05) is 11.6 Å². The second-order valence-corrected chi connectivity index (χ2v) is 7.00. The summed E-state index contributed by atoms with van der Waals surface area (Å²) in [5.41, 5.74) is 5.09. The number of nitrogens with one attached hydrogen (secondary N) is 1. The van der Waals surface area contributed by atoms with Gasteiger partial charge in [0.1, 0.15) is 11.4 Å². The number of rotatable bonds is 7. The van der Waals surface area contributed by atoms with Gasteiger partial charge in [0.05, 0.1) is 34.9 Å². The van der Waals surface area contributed by atoms with Gasteiger partial charge in [-0.05, 0) is 44.2 Å². The highest BCUT2D eigenvalue weighted by molar-refractivity contribution is 6.30. The predicted octanol–water partition coefficient (Wildman–Crippen LogP) is 5.02. The molecule has 0 spiro atoms. The van der Waals surface area contributed by atoms with Gasteiger partial charge in [0, 0.05) is 28.0 Å². The van der Waals surface area contributed by atoms with E-state index in [0.29, 0.717) is 10.8 Å². The zero-order valence-electron chi connectivity index (χ0n) is 16.8. The molecule has 0 radical (unpaired) electrons. The van der Waals surface area contributed by atoms with E-state index in [0.717, 1.165) is 28.7 Å².